The van der Waals surface area contributed by atoms with Crippen molar-refractivity contribution in [3.63, 3.8) is 0 Å². The second kappa shape index (κ2) is 4.84. The predicted molar refractivity (Wildman–Crippen MR) is 61.5 cm³/mol. The lowest BCUT2D eigenvalue weighted by atomic mass is 10.2. The highest BCUT2D eigenvalue weighted by atomic mass is 16.5. The molecule has 0 aromatic carbocycles. The third kappa shape index (κ3) is 2.54. The third-order valence-electron chi connectivity index (χ3n) is 2.59. The Morgan fingerprint density at radius 1 is 1.44 bits per heavy atom. The Balaban J connectivity index is 2.04. The zero-order valence-corrected chi connectivity index (χ0v) is 10.1. The second-order valence-corrected chi connectivity index (χ2v) is 4.31. The average molecular weight is 225 g/mol. The molecule has 2 heterocycles. The number of morpholine rings is 1. The van der Waals surface area contributed by atoms with Gasteiger partial charge in [-0.05, 0) is 20.9 Å². The monoisotopic (exact) mass is 225 g/mol. The minimum absolute atomic E-state index is 0.225. The van der Waals surface area contributed by atoms with Crippen LogP contribution in [0, 0.1) is 0 Å². The maximum Gasteiger partial charge on any atom is 0.297 e. The fourth-order valence-electron chi connectivity index (χ4n) is 2.04. The van der Waals surface area contributed by atoms with E-state index < -0.39 is 0 Å². The topological polar surface area (TPSA) is 50.5 Å². The largest absolute Gasteiger partial charge is 0.432 e. The van der Waals surface area contributed by atoms with Gasteiger partial charge in [0.15, 0.2) is 0 Å². The number of nitrogens with one attached hydrogen (secondary N) is 1. The SMILES string of the molecule is CNCc1coc(N2CC(C)OC(C)C2)n1. The van der Waals surface area contributed by atoms with E-state index in [1.165, 1.54) is 0 Å². The van der Waals surface area contributed by atoms with Crippen molar-refractivity contribution in [1.82, 2.24) is 10.3 Å². The van der Waals surface area contributed by atoms with Crippen LogP contribution in [0.2, 0.25) is 0 Å². The van der Waals surface area contributed by atoms with E-state index in [1.54, 1.807) is 6.26 Å². The minimum Gasteiger partial charge on any atom is -0.432 e. The van der Waals surface area contributed by atoms with Crippen LogP contribution in [0.3, 0.4) is 0 Å². The van der Waals surface area contributed by atoms with Gasteiger partial charge in [-0.15, -0.1) is 0 Å². The Kier molecular flexibility index (Phi) is 3.46. The van der Waals surface area contributed by atoms with Crippen LogP contribution in [0.4, 0.5) is 6.01 Å². The van der Waals surface area contributed by atoms with Crippen molar-refractivity contribution >= 4 is 6.01 Å². The van der Waals surface area contributed by atoms with E-state index in [0.717, 1.165) is 25.3 Å². The molecular formula is C11H19N3O2. The fraction of sp³-hybridized carbons (Fsp3) is 0.727. The number of oxazole rings is 1. The van der Waals surface area contributed by atoms with Gasteiger partial charge in [-0.3, -0.25) is 0 Å². The van der Waals surface area contributed by atoms with Crippen LogP contribution in [0.15, 0.2) is 10.7 Å². The standard InChI is InChI=1S/C11H19N3O2/c1-8-5-14(6-9(2)16-8)11-13-10(4-12-3)7-15-11/h7-9,12H,4-6H2,1-3H3. The molecule has 2 atom stereocenters. The molecule has 1 fully saturated rings. The van der Waals surface area contributed by atoms with Gasteiger partial charge in [0.1, 0.15) is 6.26 Å². The first-order valence-electron chi connectivity index (χ1n) is 5.68. The first-order valence-corrected chi connectivity index (χ1v) is 5.68. The first kappa shape index (κ1) is 11.4. The Hall–Kier alpha value is -1.07. The van der Waals surface area contributed by atoms with E-state index in [1.807, 2.05) is 7.05 Å². The van der Waals surface area contributed by atoms with E-state index >= 15 is 0 Å². The highest BCUT2D eigenvalue weighted by molar-refractivity contribution is 5.28. The zero-order chi connectivity index (χ0) is 11.5. The molecule has 5 heteroatoms. The summed E-state index contributed by atoms with van der Waals surface area (Å²) in [6.45, 7) is 6.55. The first-order chi connectivity index (χ1) is 7.69. The lowest BCUT2D eigenvalue weighted by Crippen LogP contribution is -2.45. The molecule has 1 N–H and O–H groups in total. The number of hydrogen-bond acceptors (Lipinski definition) is 5. The molecule has 90 valence electrons. The van der Waals surface area contributed by atoms with E-state index in [2.05, 4.69) is 29.0 Å². The van der Waals surface area contributed by atoms with Gasteiger partial charge in [0, 0.05) is 19.6 Å². The number of nitrogens with zero attached hydrogens (tertiary/aromatic N) is 2. The summed E-state index contributed by atoms with van der Waals surface area (Å²) < 4.78 is 11.1. The number of aromatic nitrogens is 1. The lowest BCUT2D eigenvalue weighted by molar-refractivity contribution is -0.00670. The summed E-state index contributed by atoms with van der Waals surface area (Å²) in [5.41, 5.74) is 0.935. The molecule has 1 aliphatic heterocycles. The second-order valence-electron chi connectivity index (χ2n) is 4.31. The number of rotatable bonds is 3. The smallest absolute Gasteiger partial charge is 0.297 e. The molecule has 0 spiro atoms. The van der Waals surface area contributed by atoms with Gasteiger partial charge in [0.05, 0.1) is 17.9 Å². The van der Waals surface area contributed by atoms with Crippen LogP contribution in [0.25, 0.3) is 0 Å². The normalized spacial score (nSPS) is 26.1. The Morgan fingerprint density at radius 3 is 2.75 bits per heavy atom. The van der Waals surface area contributed by atoms with Gasteiger partial charge in [0.25, 0.3) is 6.01 Å². The number of ether oxygens (including phenoxy) is 1. The van der Waals surface area contributed by atoms with Crippen molar-refractivity contribution < 1.29 is 9.15 Å². The molecule has 0 saturated carbocycles. The van der Waals surface area contributed by atoms with Crippen molar-refractivity contribution in [3.8, 4) is 0 Å². The summed E-state index contributed by atoms with van der Waals surface area (Å²) in [6.07, 6.45) is 2.16. The van der Waals surface area contributed by atoms with E-state index in [-0.39, 0.29) is 12.2 Å². The Morgan fingerprint density at radius 2 is 2.12 bits per heavy atom. The molecule has 1 saturated heterocycles. The van der Waals surface area contributed by atoms with Gasteiger partial charge in [0.2, 0.25) is 0 Å². The van der Waals surface area contributed by atoms with Gasteiger partial charge in [-0.1, -0.05) is 0 Å². The van der Waals surface area contributed by atoms with E-state index in [4.69, 9.17) is 9.15 Å². The van der Waals surface area contributed by atoms with Crippen LogP contribution in [0.5, 0.6) is 0 Å². The molecule has 1 aromatic rings. The summed E-state index contributed by atoms with van der Waals surface area (Å²) in [5.74, 6) is 0. The van der Waals surface area contributed by atoms with Crippen molar-refractivity contribution in [2.45, 2.75) is 32.6 Å². The van der Waals surface area contributed by atoms with Gasteiger partial charge < -0.3 is 19.4 Å². The molecule has 0 radical (unpaired) electrons. The molecule has 5 nitrogen and oxygen atoms in total. The highest BCUT2D eigenvalue weighted by Gasteiger charge is 2.25. The van der Waals surface area contributed by atoms with Crippen LogP contribution in [-0.2, 0) is 11.3 Å². The maximum atomic E-state index is 5.67. The van der Waals surface area contributed by atoms with Crippen LogP contribution >= 0.6 is 0 Å². The van der Waals surface area contributed by atoms with Crippen LogP contribution in [0.1, 0.15) is 19.5 Å². The quantitative estimate of drug-likeness (QED) is 0.832. The summed E-state index contributed by atoms with van der Waals surface area (Å²) in [6, 6.07) is 0.701. The summed E-state index contributed by atoms with van der Waals surface area (Å²) in [5, 5.41) is 3.05. The zero-order valence-electron chi connectivity index (χ0n) is 10.1. The molecule has 2 unspecified atom stereocenters. The molecule has 1 aromatic heterocycles. The van der Waals surface area contributed by atoms with Crippen LogP contribution < -0.4 is 10.2 Å². The van der Waals surface area contributed by atoms with Gasteiger partial charge in [-0.25, -0.2) is 0 Å². The lowest BCUT2D eigenvalue weighted by Gasteiger charge is -2.34. The number of hydrogen-bond donors (Lipinski definition) is 1. The summed E-state index contributed by atoms with van der Waals surface area (Å²) >= 11 is 0. The molecule has 2 rings (SSSR count). The molecule has 0 bridgehead atoms. The fourth-order valence-corrected chi connectivity index (χ4v) is 2.04. The Bertz CT molecular complexity index is 330. The van der Waals surface area contributed by atoms with Crippen molar-refractivity contribution in [1.29, 1.82) is 0 Å². The molecule has 16 heavy (non-hydrogen) atoms. The van der Waals surface area contributed by atoms with Gasteiger partial charge in [-0.2, -0.15) is 4.98 Å². The van der Waals surface area contributed by atoms with Crippen molar-refractivity contribution in [2.24, 2.45) is 0 Å². The molecule has 0 amide bonds. The molecule has 0 aliphatic carbocycles. The summed E-state index contributed by atoms with van der Waals surface area (Å²) in [4.78, 5) is 6.57. The maximum absolute atomic E-state index is 5.67. The average Bonchev–Trinajstić information content (AvgIpc) is 2.65. The third-order valence-corrected chi connectivity index (χ3v) is 2.59. The minimum atomic E-state index is 0.225. The summed E-state index contributed by atoms with van der Waals surface area (Å²) in [7, 11) is 1.90. The van der Waals surface area contributed by atoms with E-state index in [0.29, 0.717) is 6.01 Å². The number of anilines is 1. The molecular weight excluding hydrogens is 206 g/mol. The molecule has 1 aliphatic rings. The van der Waals surface area contributed by atoms with E-state index in [9.17, 15) is 0 Å². The van der Waals surface area contributed by atoms with Crippen LogP contribution in [-0.4, -0.2) is 37.3 Å². The van der Waals surface area contributed by atoms with Crippen molar-refractivity contribution in [3.05, 3.63) is 12.0 Å². The predicted octanol–water partition coefficient (Wildman–Crippen LogP) is 1.01. The highest BCUT2D eigenvalue weighted by Crippen LogP contribution is 2.19. The van der Waals surface area contributed by atoms with Crippen molar-refractivity contribution in [2.75, 3.05) is 25.0 Å². The van der Waals surface area contributed by atoms with Gasteiger partial charge >= 0.3 is 0 Å². The Labute approximate surface area is 95.8 Å².